The fourth-order valence-electron chi connectivity index (χ4n) is 1.92. The van der Waals surface area contributed by atoms with Gasteiger partial charge < -0.3 is 5.32 Å². The van der Waals surface area contributed by atoms with Crippen LogP contribution in [0.15, 0.2) is 36.4 Å². The molecule has 0 saturated heterocycles. The van der Waals surface area contributed by atoms with Crippen LogP contribution in [0.1, 0.15) is 16.7 Å². The standard InChI is InChI=1S/C16H15F2NO/c1-10-4-3-5-15(11(10)2)19-16(20)8-12-6-7-13(17)9-14(12)18/h3-7,9H,8H2,1-2H3,(H,19,20). The van der Waals surface area contributed by atoms with Gasteiger partial charge in [-0.25, -0.2) is 8.78 Å². The summed E-state index contributed by atoms with van der Waals surface area (Å²) in [6.45, 7) is 3.86. The third kappa shape index (κ3) is 3.20. The van der Waals surface area contributed by atoms with Crippen molar-refractivity contribution >= 4 is 11.6 Å². The minimum atomic E-state index is -0.707. The third-order valence-corrected chi connectivity index (χ3v) is 3.24. The van der Waals surface area contributed by atoms with Gasteiger partial charge >= 0.3 is 0 Å². The molecule has 0 fully saturated rings. The van der Waals surface area contributed by atoms with Crippen molar-refractivity contribution in [2.75, 3.05) is 5.32 Å². The van der Waals surface area contributed by atoms with Crippen molar-refractivity contribution in [3.8, 4) is 0 Å². The number of halogens is 2. The molecule has 1 amide bonds. The Morgan fingerprint density at radius 1 is 1.15 bits per heavy atom. The summed E-state index contributed by atoms with van der Waals surface area (Å²) in [5.41, 5.74) is 2.92. The second-order valence-electron chi connectivity index (χ2n) is 4.71. The summed E-state index contributed by atoms with van der Waals surface area (Å²) in [5.74, 6) is -1.69. The molecule has 2 nitrogen and oxygen atoms in total. The Bertz CT molecular complexity index is 653. The normalized spacial score (nSPS) is 10.4. The number of anilines is 1. The lowest BCUT2D eigenvalue weighted by Crippen LogP contribution is -2.16. The molecule has 0 unspecified atom stereocenters. The second-order valence-corrected chi connectivity index (χ2v) is 4.71. The highest BCUT2D eigenvalue weighted by Crippen LogP contribution is 2.18. The van der Waals surface area contributed by atoms with Crippen molar-refractivity contribution in [2.24, 2.45) is 0 Å². The maximum atomic E-state index is 13.5. The molecule has 0 heterocycles. The van der Waals surface area contributed by atoms with Crippen molar-refractivity contribution in [1.82, 2.24) is 0 Å². The van der Waals surface area contributed by atoms with Gasteiger partial charge in [0.05, 0.1) is 6.42 Å². The highest BCUT2D eigenvalue weighted by Gasteiger charge is 2.10. The first-order chi connectivity index (χ1) is 9.47. The lowest BCUT2D eigenvalue weighted by Gasteiger charge is -2.10. The first kappa shape index (κ1) is 14.2. The number of carbonyl (C=O) groups excluding carboxylic acids is 1. The van der Waals surface area contributed by atoms with Crippen LogP contribution in [0.4, 0.5) is 14.5 Å². The topological polar surface area (TPSA) is 29.1 Å². The van der Waals surface area contributed by atoms with Gasteiger partial charge in [0.15, 0.2) is 0 Å². The van der Waals surface area contributed by atoms with Crippen molar-refractivity contribution in [3.63, 3.8) is 0 Å². The molecule has 0 radical (unpaired) electrons. The molecule has 0 aliphatic rings. The van der Waals surface area contributed by atoms with E-state index in [0.29, 0.717) is 5.69 Å². The summed E-state index contributed by atoms with van der Waals surface area (Å²) >= 11 is 0. The van der Waals surface area contributed by atoms with Crippen molar-refractivity contribution < 1.29 is 13.6 Å². The van der Waals surface area contributed by atoms with Crippen LogP contribution in [-0.4, -0.2) is 5.91 Å². The van der Waals surface area contributed by atoms with Gasteiger partial charge in [0, 0.05) is 11.8 Å². The van der Waals surface area contributed by atoms with Crippen molar-refractivity contribution in [2.45, 2.75) is 20.3 Å². The molecule has 2 aromatic rings. The fraction of sp³-hybridized carbons (Fsp3) is 0.188. The van der Waals surface area contributed by atoms with Crippen LogP contribution >= 0.6 is 0 Å². The molecule has 0 spiro atoms. The van der Waals surface area contributed by atoms with Crippen LogP contribution in [0, 0.1) is 25.5 Å². The third-order valence-electron chi connectivity index (χ3n) is 3.24. The minimum Gasteiger partial charge on any atom is -0.326 e. The molecule has 0 atom stereocenters. The molecule has 0 aliphatic carbocycles. The molecular formula is C16H15F2NO. The van der Waals surface area contributed by atoms with Crippen LogP contribution in [0.2, 0.25) is 0 Å². The number of nitrogens with one attached hydrogen (secondary N) is 1. The molecular weight excluding hydrogens is 260 g/mol. The summed E-state index contributed by atoms with van der Waals surface area (Å²) in [6.07, 6.45) is -0.126. The molecule has 0 aromatic heterocycles. The summed E-state index contributed by atoms with van der Waals surface area (Å²) in [4.78, 5) is 11.9. The number of hydrogen-bond donors (Lipinski definition) is 1. The number of hydrogen-bond acceptors (Lipinski definition) is 1. The predicted molar refractivity (Wildman–Crippen MR) is 74.6 cm³/mol. The van der Waals surface area contributed by atoms with E-state index in [1.165, 1.54) is 6.07 Å². The first-order valence-electron chi connectivity index (χ1n) is 6.27. The maximum Gasteiger partial charge on any atom is 0.228 e. The molecule has 2 rings (SSSR count). The molecule has 0 bridgehead atoms. The summed E-state index contributed by atoms with van der Waals surface area (Å²) in [5, 5.41) is 2.74. The van der Waals surface area contributed by atoms with Gasteiger partial charge in [0.2, 0.25) is 5.91 Å². The Morgan fingerprint density at radius 3 is 2.60 bits per heavy atom. The maximum absolute atomic E-state index is 13.5. The highest BCUT2D eigenvalue weighted by atomic mass is 19.1. The predicted octanol–water partition coefficient (Wildman–Crippen LogP) is 3.76. The Labute approximate surface area is 116 Å². The number of benzene rings is 2. The highest BCUT2D eigenvalue weighted by molar-refractivity contribution is 5.93. The Balaban J connectivity index is 2.11. The lowest BCUT2D eigenvalue weighted by molar-refractivity contribution is -0.115. The lowest BCUT2D eigenvalue weighted by atomic mass is 10.1. The average molecular weight is 275 g/mol. The number of amides is 1. The Kier molecular flexibility index (Phi) is 4.13. The van der Waals surface area contributed by atoms with Crippen molar-refractivity contribution in [3.05, 3.63) is 64.7 Å². The molecule has 104 valence electrons. The Hall–Kier alpha value is -2.23. The summed E-state index contributed by atoms with van der Waals surface area (Å²) in [6, 6.07) is 8.79. The SMILES string of the molecule is Cc1cccc(NC(=O)Cc2ccc(F)cc2F)c1C. The zero-order valence-corrected chi connectivity index (χ0v) is 11.3. The van der Waals surface area contributed by atoms with Crippen LogP contribution in [0.25, 0.3) is 0 Å². The molecule has 2 aromatic carbocycles. The van der Waals surface area contributed by atoms with Gasteiger partial charge in [0.1, 0.15) is 11.6 Å². The van der Waals surface area contributed by atoms with E-state index in [0.717, 1.165) is 23.3 Å². The molecule has 1 N–H and O–H groups in total. The quantitative estimate of drug-likeness (QED) is 0.907. The zero-order chi connectivity index (χ0) is 14.7. The monoisotopic (exact) mass is 275 g/mol. The van der Waals surface area contributed by atoms with Gasteiger partial charge in [-0.3, -0.25) is 4.79 Å². The molecule has 20 heavy (non-hydrogen) atoms. The van der Waals surface area contributed by atoms with Gasteiger partial charge in [-0.15, -0.1) is 0 Å². The van der Waals surface area contributed by atoms with E-state index in [1.807, 2.05) is 26.0 Å². The van der Waals surface area contributed by atoms with E-state index in [9.17, 15) is 13.6 Å². The number of carbonyl (C=O) groups is 1. The van der Waals surface area contributed by atoms with E-state index in [4.69, 9.17) is 0 Å². The minimum absolute atomic E-state index is 0.126. The fourth-order valence-corrected chi connectivity index (χ4v) is 1.92. The van der Waals surface area contributed by atoms with E-state index in [-0.39, 0.29) is 17.9 Å². The van der Waals surface area contributed by atoms with Gasteiger partial charge in [-0.2, -0.15) is 0 Å². The smallest absolute Gasteiger partial charge is 0.228 e. The molecule has 0 aliphatic heterocycles. The van der Waals surface area contributed by atoms with Crippen LogP contribution in [-0.2, 0) is 11.2 Å². The van der Waals surface area contributed by atoms with Gasteiger partial charge in [0.25, 0.3) is 0 Å². The second kappa shape index (κ2) is 5.82. The molecule has 4 heteroatoms. The van der Waals surface area contributed by atoms with Crippen LogP contribution in [0.3, 0.4) is 0 Å². The summed E-state index contributed by atoms with van der Waals surface area (Å²) < 4.78 is 26.3. The number of aryl methyl sites for hydroxylation is 1. The first-order valence-corrected chi connectivity index (χ1v) is 6.27. The number of rotatable bonds is 3. The average Bonchev–Trinajstić information content (AvgIpc) is 2.38. The largest absolute Gasteiger partial charge is 0.326 e. The van der Waals surface area contributed by atoms with Gasteiger partial charge in [-0.1, -0.05) is 18.2 Å². The van der Waals surface area contributed by atoms with E-state index in [1.54, 1.807) is 6.07 Å². The van der Waals surface area contributed by atoms with Gasteiger partial charge in [-0.05, 0) is 42.7 Å². The molecule has 0 saturated carbocycles. The zero-order valence-electron chi connectivity index (χ0n) is 11.3. The van der Waals surface area contributed by atoms with Crippen LogP contribution in [0.5, 0.6) is 0 Å². The van der Waals surface area contributed by atoms with Crippen LogP contribution < -0.4 is 5.32 Å². The van der Waals surface area contributed by atoms with E-state index in [2.05, 4.69) is 5.32 Å². The summed E-state index contributed by atoms with van der Waals surface area (Å²) in [7, 11) is 0. The van der Waals surface area contributed by atoms with E-state index < -0.39 is 11.6 Å². The van der Waals surface area contributed by atoms with E-state index >= 15 is 0 Å². The van der Waals surface area contributed by atoms with Crippen molar-refractivity contribution in [1.29, 1.82) is 0 Å². The Morgan fingerprint density at radius 2 is 1.90 bits per heavy atom.